The number of hydrogen-bond acceptors (Lipinski definition) is 4. The molecule has 0 unspecified atom stereocenters. The summed E-state index contributed by atoms with van der Waals surface area (Å²) in [4.78, 5) is 23.5. The van der Waals surface area contributed by atoms with E-state index in [0.717, 1.165) is 11.1 Å². The first kappa shape index (κ1) is 17.2. The second kappa shape index (κ2) is 7.98. The number of nitrogens with one attached hydrogen (secondary N) is 1. The molecule has 26 heavy (non-hydrogen) atoms. The molecule has 0 heterocycles. The lowest BCUT2D eigenvalue weighted by Crippen LogP contribution is -2.16. The van der Waals surface area contributed by atoms with Crippen molar-refractivity contribution in [2.45, 2.75) is 0 Å². The van der Waals surface area contributed by atoms with Crippen LogP contribution in [-0.2, 0) is 4.74 Å². The second-order valence-electron chi connectivity index (χ2n) is 5.48. The van der Waals surface area contributed by atoms with Gasteiger partial charge in [0.25, 0.3) is 0 Å². The van der Waals surface area contributed by atoms with Crippen molar-refractivity contribution < 1.29 is 19.1 Å². The van der Waals surface area contributed by atoms with Crippen molar-refractivity contribution in [2.75, 3.05) is 12.4 Å². The molecule has 0 aromatic heterocycles. The van der Waals surface area contributed by atoms with E-state index in [0.29, 0.717) is 17.0 Å². The molecule has 3 rings (SSSR count). The lowest BCUT2D eigenvalue weighted by Gasteiger charge is -2.08. The van der Waals surface area contributed by atoms with Crippen molar-refractivity contribution in [1.29, 1.82) is 0 Å². The SMILES string of the molecule is COC(=O)c1cccc(-c2ccc(NC(=O)Oc3ccccc3)cc2)c1. The zero-order valence-electron chi connectivity index (χ0n) is 14.1. The number of esters is 1. The number of anilines is 1. The highest BCUT2D eigenvalue weighted by molar-refractivity contribution is 5.91. The van der Waals surface area contributed by atoms with Gasteiger partial charge < -0.3 is 9.47 Å². The number of amides is 1. The summed E-state index contributed by atoms with van der Waals surface area (Å²) >= 11 is 0. The van der Waals surface area contributed by atoms with Gasteiger partial charge in [0.1, 0.15) is 5.75 Å². The average Bonchev–Trinajstić information content (AvgIpc) is 2.68. The zero-order valence-corrected chi connectivity index (χ0v) is 14.1. The summed E-state index contributed by atoms with van der Waals surface area (Å²) in [7, 11) is 1.35. The minimum absolute atomic E-state index is 0.381. The van der Waals surface area contributed by atoms with Crippen LogP contribution in [0.2, 0.25) is 0 Å². The van der Waals surface area contributed by atoms with Gasteiger partial charge in [-0.05, 0) is 47.5 Å². The number of methoxy groups -OCH3 is 1. The second-order valence-corrected chi connectivity index (χ2v) is 5.48. The molecule has 0 aliphatic carbocycles. The van der Waals surface area contributed by atoms with Gasteiger partial charge in [0.05, 0.1) is 12.7 Å². The van der Waals surface area contributed by atoms with Gasteiger partial charge in [0.2, 0.25) is 0 Å². The van der Waals surface area contributed by atoms with Crippen LogP contribution in [0.5, 0.6) is 5.75 Å². The molecule has 1 amide bonds. The molecular weight excluding hydrogens is 330 g/mol. The van der Waals surface area contributed by atoms with Gasteiger partial charge >= 0.3 is 12.1 Å². The van der Waals surface area contributed by atoms with Crippen molar-refractivity contribution in [3.8, 4) is 16.9 Å². The summed E-state index contributed by atoms with van der Waals surface area (Å²) in [5.74, 6) is 0.0926. The van der Waals surface area contributed by atoms with E-state index in [4.69, 9.17) is 9.47 Å². The Morgan fingerprint density at radius 3 is 2.23 bits per heavy atom. The maximum absolute atomic E-state index is 11.9. The van der Waals surface area contributed by atoms with Gasteiger partial charge in [-0.1, -0.05) is 42.5 Å². The maximum atomic E-state index is 11.9. The summed E-state index contributed by atoms with van der Waals surface area (Å²) in [6, 6.07) is 23.3. The van der Waals surface area contributed by atoms with Gasteiger partial charge in [-0.2, -0.15) is 0 Å². The normalized spacial score (nSPS) is 10.0. The fourth-order valence-corrected chi connectivity index (χ4v) is 2.43. The van der Waals surface area contributed by atoms with Crippen LogP contribution in [-0.4, -0.2) is 19.2 Å². The van der Waals surface area contributed by atoms with E-state index in [2.05, 4.69) is 5.32 Å². The first-order valence-corrected chi connectivity index (χ1v) is 7.98. The third-order valence-electron chi connectivity index (χ3n) is 3.70. The van der Waals surface area contributed by atoms with Crippen LogP contribution >= 0.6 is 0 Å². The Bertz CT molecular complexity index is 905. The topological polar surface area (TPSA) is 64.6 Å². The molecule has 130 valence electrons. The van der Waals surface area contributed by atoms with E-state index in [9.17, 15) is 9.59 Å². The van der Waals surface area contributed by atoms with Gasteiger partial charge in [-0.3, -0.25) is 5.32 Å². The predicted octanol–water partition coefficient (Wildman–Crippen LogP) is 4.75. The summed E-state index contributed by atoms with van der Waals surface area (Å²) in [5, 5.41) is 2.67. The van der Waals surface area contributed by atoms with Crippen LogP contribution < -0.4 is 10.1 Å². The highest BCUT2D eigenvalue weighted by atomic mass is 16.6. The molecule has 0 bridgehead atoms. The fourth-order valence-electron chi connectivity index (χ4n) is 2.43. The van der Waals surface area contributed by atoms with Crippen LogP contribution in [0, 0.1) is 0 Å². The Morgan fingerprint density at radius 1 is 0.808 bits per heavy atom. The minimum Gasteiger partial charge on any atom is -0.465 e. The molecule has 0 radical (unpaired) electrons. The molecule has 5 heteroatoms. The van der Waals surface area contributed by atoms with Gasteiger partial charge in [0.15, 0.2) is 0 Å². The van der Waals surface area contributed by atoms with Crippen molar-refractivity contribution >= 4 is 17.7 Å². The molecule has 0 spiro atoms. The smallest absolute Gasteiger partial charge is 0.417 e. The summed E-state index contributed by atoms with van der Waals surface area (Å²) in [6.45, 7) is 0. The zero-order chi connectivity index (χ0) is 18.4. The largest absolute Gasteiger partial charge is 0.465 e. The van der Waals surface area contributed by atoms with Crippen molar-refractivity contribution in [3.63, 3.8) is 0 Å². The van der Waals surface area contributed by atoms with Gasteiger partial charge in [-0.15, -0.1) is 0 Å². The van der Waals surface area contributed by atoms with E-state index in [1.807, 2.05) is 24.3 Å². The number of benzene rings is 3. The Hall–Kier alpha value is -3.60. The van der Waals surface area contributed by atoms with Crippen molar-refractivity contribution in [1.82, 2.24) is 0 Å². The van der Waals surface area contributed by atoms with Crippen LogP contribution in [0.15, 0.2) is 78.9 Å². The average molecular weight is 347 g/mol. The monoisotopic (exact) mass is 347 g/mol. The minimum atomic E-state index is -0.559. The van der Waals surface area contributed by atoms with Crippen LogP contribution in [0.25, 0.3) is 11.1 Å². The van der Waals surface area contributed by atoms with E-state index < -0.39 is 6.09 Å². The standard InChI is InChI=1S/C21H17NO4/c1-25-20(23)17-7-5-6-16(14-17)15-10-12-18(13-11-15)22-21(24)26-19-8-3-2-4-9-19/h2-14H,1H3,(H,22,24). The molecule has 1 N–H and O–H groups in total. The third-order valence-corrected chi connectivity index (χ3v) is 3.70. The lowest BCUT2D eigenvalue weighted by atomic mass is 10.0. The summed E-state index contributed by atoms with van der Waals surface area (Å²) in [6.07, 6.45) is -0.559. The Balaban J connectivity index is 1.69. The Labute approximate surface area is 151 Å². The Kier molecular flexibility index (Phi) is 5.29. The van der Waals surface area contributed by atoms with Crippen molar-refractivity contribution in [2.24, 2.45) is 0 Å². The van der Waals surface area contributed by atoms with E-state index in [1.54, 1.807) is 54.6 Å². The van der Waals surface area contributed by atoms with Crippen LogP contribution in [0.1, 0.15) is 10.4 Å². The number of carbonyl (C=O) groups is 2. The van der Waals surface area contributed by atoms with Gasteiger partial charge in [-0.25, -0.2) is 9.59 Å². The molecule has 0 saturated carbocycles. The number of hydrogen-bond donors (Lipinski definition) is 1. The Morgan fingerprint density at radius 2 is 1.54 bits per heavy atom. The van der Waals surface area contributed by atoms with Gasteiger partial charge in [0, 0.05) is 5.69 Å². The molecule has 5 nitrogen and oxygen atoms in total. The first-order valence-electron chi connectivity index (χ1n) is 7.98. The van der Waals surface area contributed by atoms with E-state index >= 15 is 0 Å². The van der Waals surface area contributed by atoms with E-state index in [1.165, 1.54) is 7.11 Å². The van der Waals surface area contributed by atoms with E-state index in [-0.39, 0.29) is 5.97 Å². The summed E-state index contributed by atoms with van der Waals surface area (Å²) < 4.78 is 9.92. The molecule has 0 atom stereocenters. The third kappa shape index (κ3) is 4.27. The fraction of sp³-hybridized carbons (Fsp3) is 0.0476. The van der Waals surface area contributed by atoms with Crippen LogP contribution in [0.4, 0.5) is 10.5 Å². The molecule has 0 aliphatic heterocycles. The molecule has 3 aromatic rings. The predicted molar refractivity (Wildman–Crippen MR) is 99.3 cm³/mol. The van der Waals surface area contributed by atoms with Crippen LogP contribution in [0.3, 0.4) is 0 Å². The molecular formula is C21H17NO4. The number of para-hydroxylation sites is 1. The molecule has 0 saturated heterocycles. The quantitative estimate of drug-likeness (QED) is 0.692. The molecule has 3 aromatic carbocycles. The first-order chi connectivity index (χ1) is 12.7. The number of ether oxygens (including phenoxy) is 2. The highest BCUT2D eigenvalue weighted by Gasteiger charge is 2.08. The van der Waals surface area contributed by atoms with Crippen molar-refractivity contribution in [3.05, 3.63) is 84.4 Å². The molecule has 0 aliphatic rings. The maximum Gasteiger partial charge on any atom is 0.417 e. The summed E-state index contributed by atoms with van der Waals surface area (Å²) in [5.41, 5.74) is 2.89. The number of rotatable bonds is 4. The molecule has 0 fully saturated rings. The number of carbonyl (C=O) groups excluding carboxylic acids is 2. The lowest BCUT2D eigenvalue weighted by molar-refractivity contribution is 0.0600. The highest BCUT2D eigenvalue weighted by Crippen LogP contribution is 2.23.